The van der Waals surface area contributed by atoms with Gasteiger partial charge >= 0.3 is 0 Å². The van der Waals surface area contributed by atoms with Crippen molar-refractivity contribution in [2.45, 2.75) is 18.9 Å². The van der Waals surface area contributed by atoms with Gasteiger partial charge in [-0.25, -0.2) is 4.98 Å². The minimum absolute atomic E-state index is 0.410. The first-order valence-corrected chi connectivity index (χ1v) is 5.28. The Balaban J connectivity index is 1.88. The van der Waals surface area contributed by atoms with E-state index in [1.165, 1.54) is 11.4 Å². The number of hydrogen-bond acceptors (Lipinski definition) is 3. The summed E-state index contributed by atoms with van der Waals surface area (Å²) in [6.07, 6.45) is 4.03. The second kappa shape index (κ2) is 3.37. The van der Waals surface area contributed by atoms with Gasteiger partial charge in [0, 0.05) is 31.2 Å². The molecule has 2 atom stereocenters. The highest BCUT2D eigenvalue weighted by molar-refractivity contribution is 5.20. The van der Waals surface area contributed by atoms with Crippen molar-refractivity contribution in [3.8, 4) is 0 Å². The number of imidazole rings is 1. The Labute approximate surface area is 83.1 Å². The van der Waals surface area contributed by atoms with E-state index in [-0.39, 0.29) is 0 Å². The summed E-state index contributed by atoms with van der Waals surface area (Å²) in [5.41, 5.74) is 2.52. The monoisotopic (exact) mass is 193 g/mol. The van der Waals surface area contributed by atoms with E-state index in [1.54, 1.807) is 6.33 Å². The molecule has 0 spiro atoms. The van der Waals surface area contributed by atoms with Crippen molar-refractivity contribution in [3.63, 3.8) is 0 Å². The van der Waals surface area contributed by atoms with Crippen molar-refractivity contribution >= 4 is 0 Å². The first-order chi connectivity index (χ1) is 6.95. The number of aromatic nitrogens is 2. The summed E-state index contributed by atoms with van der Waals surface area (Å²) in [7, 11) is 0. The largest absolute Gasteiger partial charge is 0.381 e. The molecule has 2 aliphatic heterocycles. The number of rotatable bonds is 1. The molecule has 2 aliphatic rings. The zero-order chi connectivity index (χ0) is 9.38. The minimum Gasteiger partial charge on any atom is -0.381 e. The number of H-pyrrole nitrogens is 1. The highest BCUT2D eigenvalue weighted by Crippen LogP contribution is 2.31. The summed E-state index contributed by atoms with van der Waals surface area (Å²) in [4.78, 5) is 7.63. The van der Waals surface area contributed by atoms with Gasteiger partial charge in [-0.1, -0.05) is 0 Å². The van der Waals surface area contributed by atoms with Gasteiger partial charge in [0.2, 0.25) is 0 Å². The van der Waals surface area contributed by atoms with Crippen LogP contribution in [-0.2, 0) is 11.2 Å². The van der Waals surface area contributed by atoms with Crippen molar-refractivity contribution in [3.05, 3.63) is 17.7 Å². The van der Waals surface area contributed by atoms with Gasteiger partial charge in [-0.15, -0.1) is 0 Å². The lowest BCUT2D eigenvalue weighted by molar-refractivity contribution is 0.175. The minimum atomic E-state index is 0.410. The number of ether oxygens (including phenoxy) is 1. The van der Waals surface area contributed by atoms with Crippen LogP contribution in [0.1, 0.15) is 23.9 Å². The topological polar surface area (TPSA) is 49.9 Å². The second-order valence-corrected chi connectivity index (χ2v) is 4.07. The lowest BCUT2D eigenvalue weighted by atomic mass is 9.92. The Bertz CT molecular complexity index is 317. The summed E-state index contributed by atoms with van der Waals surface area (Å²) in [5.74, 6) is 0.609. The Hall–Kier alpha value is -0.870. The molecule has 0 saturated carbocycles. The SMILES string of the molecule is c1nc2c([nH]1)CCNC2C1CCOC1. The van der Waals surface area contributed by atoms with Crippen LogP contribution in [0.15, 0.2) is 6.33 Å². The number of fused-ring (bicyclic) bond motifs is 1. The molecule has 4 nitrogen and oxygen atoms in total. The van der Waals surface area contributed by atoms with Crippen LogP contribution >= 0.6 is 0 Å². The predicted molar refractivity (Wildman–Crippen MR) is 52.0 cm³/mol. The quantitative estimate of drug-likeness (QED) is 0.688. The van der Waals surface area contributed by atoms with Crippen LogP contribution in [0.5, 0.6) is 0 Å². The Kier molecular flexibility index (Phi) is 2.03. The van der Waals surface area contributed by atoms with Crippen molar-refractivity contribution in [2.75, 3.05) is 19.8 Å². The Morgan fingerprint density at radius 1 is 1.50 bits per heavy atom. The maximum Gasteiger partial charge on any atom is 0.0925 e. The molecule has 14 heavy (non-hydrogen) atoms. The third-order valence-electron chi connectivity index (χ3n) is 3.22. The fraction of sp³-hybridized carbons (Fsp3) is 0.700. The zero-order valence-electron chi connectivity index (χ0n) is 8.12. The van der Waals surface area contributed by atoms with Crippen molar-refractivity contribution in [2.24, 2.45) is 5.92 Å². The maximum atomic E-state index is 5.42. The molecular weight excluding hydrogens is 178 g/mol. The van der Waals surface area contributed by atoms with Crippen LogP contribution in [0, 0.1) is 5.92 Å². The molecule has 0 bridgehead atoms. The first kappa shape index (κ1) is 8.44. The van der Waals surface area contributed by atoms with Crippen LogP contribution < -0.4 is 5.32 Å². The molecule has 0 aliphatic carbocycles. The zero-order valence-corrected chi connectivity index (χ0v) is 8.12. The molecule has 0 aromatic carbocycles. The van der Waals surface area contributed by atoms with E-state index in [0.717, 1.165) is 32.6 Å². The Morgan fingerprint density at radius 2 is 2.50 bits per heavy atom. The molecule has 1 saturated heterocycles. The second-order valence-electron chi connectivity index (χ2n) is 4.07. The van der Waals surface area contributed by atoms with Crippen LogP contribution in [0.3, 0.4) is 0 Å². The van der Waals surface area contributed by atoms with Gasteiger partial charge in [0.1, 0.15) is 0 Å². The summed E-state index contributed by atoms with van der Waals surface area (Å²) in [6.45, 7) is 2.84. The smallest absolute Gasteiger partial charge is 0.0925 e. The van der Waals surface area contributed by atoms with E-state index in [1.807, 2.05) is 0 Å². The lowest BCUT2D eigenvalue weighted by Crippen LogP contribution is -2.35. The summed E-state index contributed by atoms with van der Waals surface area (Å²) in [5, 5.41) is 3.54. The highest BCUT2D eigenvalue weighted by atomic mass is 16.5. The molecule has 0 amide bonds. The third kappa shape index (κ3) is 1.26. The molecule has 4 heteroatoms. The number of nitrogens with zero attached hydrogens (tertiary/aromatic N) is 1. The van der Waals surface area contributed by atoms with Gasteiger partial charge in [0.05, 0.1) is 24.7 Å². The molecular formula is C10H15N3O. The molecule has 2 N–H and O–H groups in total. The third-order valence-corrected chi connectivity index (χ3v) is 3.22. The van der Waals surface area contributed by atoms with Crippen LogP contribution in [-0.4, -0.2) is 29.7 Å². The molecule has 76 valence electrons. The van der Waals surface area contributed by atoms with Crippen molar-refractivity contribution in [1.29, 1.82) is 0 Å². The average molecular weight is 193 g/mol. The van der Waals surface area contributed by atoms with E-state index >= 15 is 0 Å². The molecule has 1 fully saturated rings. The van der Waals surface area contributed by atoms with E-state index in [4.69, 9.17) is 4.74 Å². The van der Waals surface area contributed by atoms with Crippen LogP contribution in [0.25, 0.3) is 0 Å². The van der Waals surface area contributed by atoms with Gasteiger partial charge in [0.25, 0.3) is 0 Å². The molecule has 3 rings (SSSR count). The number of nitrogens with one attached hydrogen (secondary N) is 2. The van der Waals surface area contributed by atoms with Crippen LogP contribution in [0.4, 0.5) is 0 Å². The molecule has 0 radical (unpaired) electrons. The van der Waals surface area contributed by atoms with Crippen LogP contribution in [0.2, 0.25) is 0 Å². The maximum absolute atomic E-state index is 5.42. The lowest BCUT2D eigenvalue weighted by Gasteiger charge is -2.27. The average Bonchev–Trinajstić information content (AvgIpc) is 2.88. The highest BCUT2D eigenvalue weighted by Gasteiger charge is 2.31. The fourth-order valence-electron chi connectivity index (χ4n) is 2.45. The van der Waals surface area contributed by atoms with E-state index < -0.39 is 0 Å². The van der Waals surface area contributed by atoms with Gasteiger partial charge in [0.15, 0.2) is 0 Å². The fourth-order valence-corrected chi connectivity index (χ4v) is 2.45. The molecule has 3 heterocycles. The number of hydrogen-bond donors (Lipinski definition) is 2. The van der Waals surface area contributed by atoms with Crippen molar-refractivity contribution < 1.29 is 4.74 Å². The van der Waals surface area contributed by atoms with Gasteiger partial charge in [-0.3, -0.25) is 0 Å². The standard InChI is InChI=1S/C10H15N3O/c1-3-11-9(7-2-4-14-5-7)10-8(1)12-6-13-10/h6-7,9,11H,1-5H2,(H,12,13). The summed E-state index contributed by atoms with van der Waals surface area (Å²) < 4.78 is 5.42. The predicted octanol–water partition coefficient (Wildman–Crippen LogP) is 0.633. The van der Waals surface area contributed by atoms with Gasteiger partial charge < -0.3 is 15.0 Å². The molecule has 2 unspecified atom stereocenters. The first-order valence-electron chi connectivity index (χ1n) is 5.28. The summed E-state index contributed by atoms with van der Waals surface area (Å²) in [6, 6.07) is 0.410. The van der Waals surface area contributed by atoms with Gasteiger partial charge in [-0.05, 0) is 6.42 Å². The normalized spacial score (nSPS) is 31.7. The van der Waals surface area contributed by atoms with Gasteiger partial charge in [-0.2, -0.15) is 0 Å². The van der Waals surface area contributed by atoms with Crippen molar-refractivity contribution in [1.82, 2.24) is 15.3 Å². The number of aromatic amines is 1. The summed E-state index contributed by atoms with van der Waals surface area (Å²) >= 11 is 0. The molecule has 1 aromatic rings. The van der Waals surface area contributed by atoms with E-state index in [2.05, 4.69) is 15.3 Å². The Morgan fingerprint density at radius 3 is 3.36 bits per heavy atom. The van der Waals surface area contributed by atoms with E-state index in [9.17, 15) is 0 Å². The van der Waals surface area contributed by atoms with E-state index in [0.29, 0.717) is 12.0 Å². The molecule has 1 aromatic heterocycles.